The summed E-state index contributed by atoms with van der Waals surface area (Å²) >= 11 is 6.08. The van der Waals surface area contributed by atoms with Crippen LogP contribution in [0.25, 0.3) is 10.9 Å². The number of nitrogens with one attached hydrogen (secondary N) is 1. The highest BCUT2D eigenvalue weighted by Gasteiger charge is 2.13. The molecule has 0 radical (unpaired) electrons. The van der Waals surface area contributed by atoms with Crippen LogP contribution in [0.4, 0.5) is 0 Å². The first kappa shape index (κ1) is 10.2. The predicted octanol–water partition coefficient (Wildman–Crippen LogP) is 4.48. The first-order chi connectivity index (χ1) is 7.84. The second kappa shape index (κ2) is 4.14. The minimum Gasteiger partial charge on any atom is -0.358 e. The van der Waals surface area contributed by atoms with E-state index in [1.807, 2.05) is 6.07 Å². The molecule has 3 rings (SSSR count). The molecule has 1 aliphatic carbocycles. The third kappa shape index (κ3) is 1.73. The Morgan fingerprint density at radius 2 is 1.81 bits per heavy atom. The van der Waals surface area contributed by atoms with Gasteiger partial charge in [-0.3, -0.25) is 0 Å². The van der Waals surface area contributed by atoms with Crippen LogP contribution < -0.4 is 0 Å². The molecule has 2 aromatic rings. The largest absolute Gasteiger partial charge is 0.358 e. The molecule has 1 heterocycles. The molecule has 1 nitrogen and oxygen atoms in total. The van der Waals surface area contributed by atoms with Gasteiger partial charge in [0.15, 0.2) is 0 Å². The van der Waals surface area contributed by atoms with Crippen LogP contribution in [0.2, 0.25) is 5.02 Å². The van der Waals surface area contributed by atoms with Gasteiger partial charge in [-0.25, -0.2) is 0 Å². The molecule has 84 valence electrons. The lowest BCUT2D eigenvalue weighted by Crippen LogP contribution is -1.97. The second-order valence-corrected chi connectivity index (χ2v) is 5.12. The van der Waals surface area contributed by atoms with E-state index in [0.717, 1.165) is 5.02 Å². The number of rotatable bonds is 0. The molecule has 0 bridgehead atoms. The van der Waals surface area contributed by atoms with Gasteiger partial charge < -0.3 is 4.98 Å². The molecule has 0 fully saturated rings. The third-order valence-corrected chi connectivity index (χ3v) is 3.80. The smallest absolute Gasteiger partial charge is 0.0460 e. The van der Waals surface area contributed by atoms with Crippen LogP contribution in [0.15, 0.2) is 18.2 Å². The second-order valence-electron chi connectivity index (χ2n) is 4.69. The van der Waals surface area contributed by atoms with Crippen LogP contribution in [-0.2, 0) is 12.8 Å². The van der Waals surface area contributed by atoms with Crippen molar-refractivity contribution in [1.29, 1.82) is 0 Å². The summed E-state index contributed by atoms with van der Waals surface area (Å²) in [7, 11) is 0. The van der Waals surface area contributed by atoms with Crippen LogP contribution in [0.3, 0.4) is 0 Å². The fraction of sp³-hybridized carbons (Fsp3) is 0.429. The molecule has 16 heavy (non-hydrogen) atoms. The molecule has 0 amide bonds. The molecule has 0 unspecified atom stereocenters. The molecule has 0 saturated carbocycles. The molecule has 2 heteroatoms. The maximum absolute atomic E-state index is 6.08. The van der Waals surface area contributed by atoms with Crippen molar-refractivity contribution in [3.8, 4) is 0 Å². The van der Waals surface area contributed by atoms with E-state index in [1.165, 1.54) is 60.7 Å². The van der Waals surface area contributed by atoms with E-state index in [4.69, 9.17) is 11.6 Å². The van der Waals surface area contributed by atoms with Crippen LogP contribution in [0.5, 0.6) is 0 Å². The number of H-pyrrole nitrogens is 1. The normalized spacial score (nSPS) is 16.8. The van der Waals surface area contributed by atoms with Crippen molar-refractivity contribution in [2.75, 3.05) is 0 Å². The first-order valence-corrected chi connectivity index (χ1v) is 6.51. The summed E-state index contributed by atoms with van der Waals surface area (Å²) in [5.74, 6) is 0. The zero-order valence-corrected chi connectivity index (χ0v) is 10.1. The fourth-order valence-corrected chi connectivity index (χ4v) is 2.90. The number of halogens is 1. The van der Waals surface area contributed by atoms with Gasteiger partial charge in [-0.15, -0.1) is 0 Å². The van der Waals surface area contributed by atoms with Gasteiger partial charge in [0, 0.05) is 21.6 Å². The van der Waals surface area contributed by atoms with Crippen molar-refractivity contribution in [3.05, 3.63) is 34.5 Å². The number of aryl methyl sites for hydroxylation is 2. The number of benzene rings is 1. The summed E-state index contributed by atoms with van der Waals surface area (Å²) in [6.45, 7) is 0. The minimum absolute atomic E-state index is 0.844. The van der Waals surface area contributed by atoms with Crippen molar-refractivity contribution in [3.63, 3.8) is 0 Å². The average molecular weight is 234 g/mol. The van der Waals surface area contributed by atoms with E-state index >= 15 is 0 Å². The predicted molar refractivity (Wildman–Crippen MR) is 69.2 cm³/mol. The number of aromatic nitrogens is 1. The van der Waals surface area contributed by atoms with Crippen molar-refractivity contribution in [2.45, 2.75) is 38.5 Å². The summed E-state index contributed by atoms with van der Waals surface area (Å²) in [4.78, 5) is 3.55. The highest BCUT2D eigenvalue weighted by molar-refractivity contribution is 6.31. The van der Waals surface area contributed by atoms with Crippen molar-refractivity contribution in [1.82, 2.24) is 4.98 Å². The monoisotopic (exact) mass is 233 g/mol. The lowest BCUT2D eigenvalue weighted by atomic mass is 9.97. The van der Waals surface area contributed by atoms with E-state index in [-0.39, 0.29) is 0 Å². The van der Waals surface area contributed by atoms with Crippen LogP contribution in [0.1, 0.15) is 36.9 Å². The minimum atomic E-state index is 0.844. The Bertz CT molecular complexity index is 513. The number of fused-ring (bicyclic) bond motifs is 3. The van der Waals surface area contributed by atoms with Gasteiger partial charge in [-0.1, -0.05) is 24.4 Å². The van der Waals surface area contributed by atoms with E-state index in [1.54, 1.807) is 0 Å². The number of hydrogen-bond donors (Lipinski definition) is 1. The third-order valence-electron chi connectivity index (χ3n) is 3.56. The lowest BCUT2D eigenvalue weighted by Gasteiger charge is -2.09. The molecule has 0 spiro atoms. The molecule has 0 saturated heterocycles. The summed E-state index contributed by atoms with van der Waals surface area (Å²) in [6, 6.07) is 6.17. The van der Waals surface area contributed by atoms with E-state index in [9.17, 15) is 0 Å². The topological polar surface area (TPSA) is 15.8 Å². The number of hydrogen-bond acceptors (Lipinski definition) is 0. The van der Waals surface area contributed by atoms with Gasteiger partial charge in [0.25, 0.3) is 0 Å². The molecular formula is C14H16ClN. The highest BCUT2D eigenvalue weighted by atomic mass is 35.5. The van der Waals surface area contributed by atoms with Gasteiger partial charge >= 0.3 is 0 Å². The van der Waals surface area contributed by atoms with Gasteiger partial charge in [-0.05, 0) is 49.4 Å². The van der Waals surface area contributed by atoms with E-state index in [0.29, 0.717) is 0 Å². The van der Waals surface area contributed by atoms with E-state index in [2.05, 4.69) is 17.1 Å². The number of aromatic amines is 1. The summed E-state index contributed by atoms with van der Waals surface area (Å²) < 4.78 is 0. The summed E-state index contributed by atoms with van der Waals surface area (Å²) in [6.07, 6.45) is 7.76. The molecule has 0 aliphatic heterocycles. The van der Waals surface area contributed by atoms with E-state index < -0.39 is 0 Å². The van der Waals surface area contributed by atoms with Gasteiger partial charge in [0.05, 0.1) is 0 Å². The molecule has 1 aromatic heterocycles. The molecule has 1 aromatic carbocycles. The molecule has 1 aliphatic rings. The molecular weight excluding hydrogens is 218 g/mol. The van der Waals surface area contributed by atoms with Crippen molar-refractivity contribution < 1.29 is 0 Å². The zero-order chi connectivity index (χ0) is 11.0. The lowest BCUT2D eigenvalue weighted by molar-refractivity contribution is 0.614. The highest BCUT2D eigenvalue weighted by Crippen LogP contribution is 2.29. The Kier molecular flexibility index (Phi) is 2.64. The Morgan fingerprint density at radius 1 is 1.00 bits per heavy atom. The summed E-state index contributed by atoms with van der Waals surface area (Å²) in [5, 5.41) is 2.18. The molecule has 1 N–H and O–H groups in total. The Labute approximate surface area is 101 Å². The maximum Gasteiger partial charge on any atom is 0.0460 e. The Morgan fingerprint density at radius 3 is 2.69 bits per heavy atom. The van der Waals surface area contributed by atoms with Crippen molar-refractivity contribution >= 4 is 22.5 Å². The Balaban J connectivity index is 2.17. The first-order valence-electron chi connectivity index (χ1n) is 6.13. The standard InChI is InChI=1S/C14H16ClN/c15-10-7-8-14-12(9-10)11-5-3-1-2-4-6-13(11)16-14/h7-9,16H,1-6H2. The van der Waals surface area contributed by atoms with Gasteiger partial charge in [0.1, 0.15) is 0 Å². The van der Waals surface area contributed by atoms with Gasteiger partial charge in [-0.2, -0.15) is 0 Å². The molecule has 0 atom stereocenters. The van der Waals surface area contributed by atoms with Crippen LogP contribution in [-0.4, -0.2) is 4.98 Å². The van der Waals surface area contributed by atoms with Gasteiger partial charge in [0.2, 0.25) is 0 Å². The van der Waals surface area contributed by atoms with Crippen molar-refractivity contribution in [2.24, 2.45) is 0 Å². The summed E-state index contributed by atoms with van der Waals surface area (Å²) in [5.41, 5.74) is 4.20. The SMILES string of the molecule is Clc1ccc2[nH]c3c(c2c1)CCCCCC3. The average Bonchev–Trinajstić information content (AvgIpc) is 2.55. The fourth-order valence-electron chi connectivity index (χ4n) is 2.73. The zero-order valence-electron chi connectivity index (χ0n) is 9.35. The van der Waals surface area contributed by atoms with Crippen LogP contribution >= 0.6 is 11.6 Å². The van der Waals surface area contributed by atoms with Crippen LogP contribution in [0, 0.1) is 0 Å². The quantitative estimate of drug-likeness (QED) is 0.691. The Hall–Kier alpha value is -0.950. The maximum atomic E-state index is 6.08.